The van der Waals surface area contributed by atoms with Crippen molar-refractivity contribution in [2.45, 2.75) is 27.7 Å². The zero-order valence-corrected chi connectivity index (χ0v) is 17.3. The topological polar surface area (TPSA) is 67.4 Å². The zero-order valence-electron chi connectivity index (χ0n) is 15.1. The molecule has 0 fully saturated rings. The molecule has 1 aromatic carbocycles. The van der Waals surface area contributed by atoms with Gasteiger partial charge in [-0.05, 0) is 32.0 Å². The average molecular weight is 449 g/mol. The lowest BCUT2D eigenvalue weighted by molar-refractivity contribution is -0.906. The van der Waals surface area contributed by atoms with Crippen molar-refractivity contribution < 1.29 is 42.8 Å². The maximum Gasteiger partial charge on any atom is 0.221 e. The van der Waals surface area contributed by atoms with Gasteiger partial charge in [0, 0.05) is 19.5 Å². The number of amides is 2. The Kier molecular flexibility index (Phi) is 9.91. The number of quaternary nitrogens is 1. The SMILES string of the molecule is CC[N+](C)(CC)CCOc1ccc(NC(C)=O)cc1NC(C)=O.[I-]. The van der Waals surface area contributed by atoms with Gasteiger partial charge in [-0.25, -0.2) is 0 Å². The molecule has 2 N–H and O–H groups in total. The summed E-state index contributed by atoms with van der Waals surface area (Å²) < 4.78 is 6.78. The number of ether oxygens (including phenoxy) is 1. The van der Waals surface area contributed by atoms with E-state index in [4.69, 9.17) is 4.74 Å². The molecule has 0 unspecified atom stereocenters. The van der Waals surface area contributed by atoms with E-state index in [1.165, 1.54) is 13.8 Å². The highest BCUT2D eigenvalue weighted by Crippen LogP contribution is 2.28. The molecule has 0 atom stereocenters. The van der Waals surface area contributed by atoms with Crippen LogP contribution in [0.2, 0.25) is 0 Å². The van der Waals surface area contributed by atoms with Crippen molar-refractivity contribution in [3.05, 3.63) is 18.2 Å². The maximum atomic E-state index is 11.4. The number of likely N-dealkylation sites (N-methyl/N-ethyl adjacent to an activating group) is 1. The van der Waals surface area contributed by atoms with Gasteiger partial charge in [0.25, 0.3) is 0 Å². The summed E-state index contributed by atoms with van der Waals surface area (Å²) in [6.45, 7) is 10.7. The van der Waals surface area contributed by atoms with Crippen LogP contribution in [0.1, 0.15) is 27.7 Å². The molecule has 0 saturated heterocycles. The van der Waals surface area contributed by atoms with Crippen molar-refractivity contribution in [2.75, 3.05) is 43.9 Å². The Balaban J connectivity index is 0.00000529. The Bertz CT molecular complexity index is 560. The Hall–Kier alpha value is -1.35. The number of carbonyl (C=O) groups excluding carboxylic acids is 2. The van der Waals surface area contributed by atoms with Crippen LogP contribution in [0, 0.1) is 0 Å². The van der Waals surface area contributed by atoms with E-state index < -0.39 is 0 Å². The largest absolute Gasteiger partial charge is 1.00 e. The zero-order chi connectivity index (χ0) is 17.5. The van der Waals surface area contributed by atoms with E-state index in [-0.39, 0.29) is 35.8 Å². The summed E-state index contributed by atoms with van der Waals surface area (Å²) in [6, 6.07) is 5.22. The molecule has 1 rings (SSSR count). The van der Waals surface area contributed by atoms with Gasteiger partial charge in [-0.15, -0.1) is 0 Å². The molecule has 2 amide bonds. The van der Waals surface area contributed by atoms with E-state index in [9.17, 15) is 9.59 Å². The summed E-state index contributed by atoms with van der Waals surface area (Å²) in [5.74, 6) is 0.261. The molecule has 136 valence electrons. The number of nitrogens with one attached hydrogen (secondary N) is 2. The second-order valence-corrected chi connectivity index (χ2v) is 5.90. The second kappa shape index (κ2) is 10.5. The minimum absolute atomic E-state index is 0. The van der Waals surface area contributed by atoms with Crippen molar-refractivity contribution in [3.8, 4) is 5.75 Å². The maximum absolute atomic E-state index is 11.4. The monoisotopic (exact) mass is 449 g/mol. The van der Waals surface area contributed by atoms with E-state index in [0.29, 0.717) is 23.7 Å². The predicted octanol–water partition coefficient (Wildman–Crippen LogP) is -0.527. The van der Waals surface area contributed by atoms with E-state index in [1.54, 1.807) is 18.2 Å². The lowest BCUT2D eigenvalue weighted by Crippen LogP contribution is -3.00. The van der Waals surface area contributed by atoms with Crippen LogP contribution in [0.4, 0.5) is 11.4 Å². The van der Waals surface area contributed by atoms with Crippen LogP contribution < -0.4 is 39.3 Å². The van der Waals surface area contributed by atoms with Crippen LogP contribution in [0.25, 0.3) is 0 Å². The summed E-state index contributed by atoms with van der Waals surface area (Å²) >= 11 is 0. The normalized spacial score (nSPS) is 10.5. The third-order valence-corrected chi connectivity index (χ3v) is 4.03. The summed E-state index contributed by atoms with van der Waals surface area (Å²) in [6.07, 6.45) is 0. The lowest BCUT2D eigenvalue weighted by Gasteiger charge is -2.32. The molecule has 0 aliphatic carbocycles. The average Bonchev–Trinajstić information content (AvgIpc) is 2.48. The van der Waals surface area contributed by atoms with Crippen molar-refractivity contribution >= 4 is 23.2 Å². The molecule has 24 heavy (non-hydrogen) atoms. The Morgan fingerprint density at radius 3 is 2.17 bits per heavy atom. The number of rotatable bonds is 8. The van der Waals surface area contributed by atoms with Crippen LogP contribution in [0.15, 0.2) is 18.2 Å². The van der Waals surface area contributed by atoms with Gasteiger partial charge in [0.2, 0.25) is 11.8 Å². The molecule has 0 aromatic heterocycles. The standard InChI is InChI=1S/C17H27N3O3.HI/c1-6-20(5,7-2)10-11-23-17-9-8-15(18-13(3)21)12-16(17)19-14(4)22;/h8-9,12H,6-7,10-11H2,1-5H3,(H-,18,19,21,22);1H. The summed E-state index contributed by atoms with van der Waals surface area (Å²) in [5, 5.41) is 5.44. The third-order valence-electron chi connectivity index (χ3n) is 4.03. The van der Waals surface area contributed by atoms with E-state index in [2.05, 4.69) is 31.5 Å². The highest BCUT2D eigenvalue weighted by molar-refractivity contribution is 5.93. The number of anilines is 2. The van der Waals surface area contributed by atoms with Crippen molar-refractivity contribution in [1.29, 1.82) is 0 Å². The Morgan fingerprint density at radius 1 is 1.08 bits per heavy atom. The van der Waals surface area contributed by atoms with Gasteiger partial charge in [-0.3, -0.25) is 9.59 Å². The second-order valence-electron chi connectivity index (χ2n) is 5.90. The molecule has 6 nitrogen and oxygen atoms in total. The molecule has 0 bridgehead atoms. The van der Waals surface area contributed by atoms with Gasteiger partial charge in [-0.2, -0.15) is 0 Å². The van der Waals surface area contributed by atoms with Gasteiger partial charge in [0.1, 0.15) is 18.9 Å². The molecular weight excluding hydrogens is 421 g/mol. The predicted molar refractivity (Wildman–Crippen MR) is 92.7 cm³/mol. The highest BCUT2D eigenvalue weighted by Gasteiger charge is 2.16. The summed E-state index contributed by atoms with van der Waals surface area (Å²) in [5.41, 5.74) is 1.18. The summed E-state index contributed by atoms with van der Waals surface area (Å²) in [4.78, 5) is 22.5. The Morgan fingerprint density at radius 2 is 1.67 bits per heavy atom. The molecule has 0 radical (unpaired) electrons. The molecule has 7 heteroatoms. The van der Waals surface area contributed by atoms with Crippen molar-refractivity contribution in [3.63, 3.8) is 0 Å². The number of hydrogen-bond acceptors (Lipinski definition) is 3. The van der Waals surface area contributed by atoms with Crippen molar-refractivity contribution in [2.24, 2.45) is 0 Å². The molecule has 0 spiro atoms. The van der Waals surface area contributed by atoms with Crippen molar-refractivity contribution in [1.82, 2.24) is 0 Å². The molecule has 0 saturated carbocycles. The van der Waals surface area contributed by atoms with Gasteiger partial charge in [0.15, 0.2) is 0 Å². The summed E-state index contributed by atoms with van der Waals surface area (Å²) in [7, 11) is 2.19. The van der Waals surface area contributed by atoms with Crippen LogP contribution >= 0.6 is 0 Å². The minimum atomic E-state index is -0.183. The fraction of sp³-hybridized carbons (Fsp3) is 0.529. The first-order valence-electron chi connectivity index (χ1n) is 7.95. The van der Waals surface area contributed by atoms with Gasteiger partial charge >= 0.3 is 0 Å². The minimum Gasteiger partial charge on any atom is -1.00 e. The lowest BCUT2D eigenvalue weighted by atomic mass is 10.2. The van der Waals surface area contributed by atoms with E-state index in [0.717, 1.165) is 24.1 Å². The van der Waals surface area contributed by atoms with Gasteiger partial charge < -0.3 is 43.8 Å². The number of hydrogen-bond donors (Lipinski definition) is 2. The highest BCUT2D eigenvalue weighted by atomic mass is 127. The fourth-order valence-electron chi connectivity index (χ4n) is 2.14. The Labute approximate surface area is 161 Å². The first-order chi connectivity index (χ1) is 10.8. The van der Waals surface area contributed by atoms with Crippen LogP contribution in [-0.4, -0.2) is 49.6 Å². The van der Waals surface area contributed by atoms with E-state index >= 15 is 0 Å². The molecular formula is C17H28IN3O3. The first-order valence-corrected chi connectivity index (χ1v) is 7.95. The molecule has 0 aliphatic heterocycles. The third kappa shape index (κ3) is 7.48. The first kappa shape index (κ1) is 22.6. The van der Waals surface area contributed by atoms with Crippen LogP contribution in [-0.2, 0) is 9.59 Å². The molecule has 0 heterocycles. The quantitative estimate of drug-likeness (QED) is 0.415. The number of nitrogens with zero attached hydrogens (tertiary/aromatic N) is 1. The fourth-order valence-corrected chi connectivity index (χ4v) is 2.14. The molecule has 0 aliphatic rings. The van der Waals surface area contributed by atoms with Crippen LogP contribution in [0.3, 0.4) is 0 Å². The number of carbonyl (C=O) groups is 2. The smallest absolute Gasteiger partial charge is 0.221 e. The number of halogens is 1. The van der Waals surface area contributed by atoms with Gasteiger partial charge in [0.05, 0.1) is 25.8 Å². The number of benzene rings is 1. The van der Waals surface area contributed by atoms with Crippen LogP contribution in [0.5, 0.6) is 5.75 Å². The van der Waals surface area contributed by atoms with E-state index in [1.807, 2.05) is 0 Å². The van der Waals surface area contributed by atoms with Gasteiger partial charge in [-0.1, -0.05) is 0 Å². The molecule has 1 aromatic rings.